The first-order chi connectivity index (χ1) is 10.8. The number of carbonyl (C=O) groups excluding carboxylic acids is 1. The van der Waals surface area contributed by atoms with E-state index in [4.69, 9.17) is 9.84 Å². The highest BCUT2D eigenvalue weighted by Gasteiger charge is 2.51. The smallest absolute Gasteiger partial charge is 0.335 e. The van der Waals surface area contributed by atoms with Gasteiger partial charge in [-0.05, 0) is 31.0 Å². The lowest BCUT2D eigenvalue weighted by atomic mass is 9.63. The molecule has 126 valence electrons. The molecule has 0 bridgehead atoms. The molecule has 23 heavy (non-hydrogen) atoms. The molecular weight excluding hydrogens is 294 g/mol. The van der Waals surface area contributed by atoms with Crippen LogP contribution in [0.3, 0.4) is 0 Å². The number of carboxylic acid groups (broad SMARTS) is 1. The molecule has 0 heterocycles. The third-order valence-electron chi connectivity index (χ3n) is 4.91. The Morgan fingerprint density at radius 3 is 2.39 bits per heavy atom. The van der Waals surface area contributed by atoms with Gasteiger partial charge in [-0.15, -0.1) is 0 Å². The second-order valence-electron chi connectivity index (χ2n) is 6.70. The summed E-state index contributed by atoms with van der Waals surface area (Å²) in [5.41, 5.74) is 1.01. The van der Waals surface area contributed by atoms with Crippen molar-refractivity contribution in [2.24, 2.45) is 5.41 Å². The highest BCUT2D eigenvalue weighted by molar-refractivity contribution is 5.87. The Labute approximate surface area is 137 Å². The standard InChI is InChI=1S/C18H25NO4/c1-5-23-15-11-14(18(15,2)3)19(4)16(20)10-12-6-8-13(9-7-12)17(21)22/h6-9,14-15H,5,10-11H2,1-4H3,(H,21,22). The van der Waals surface area contributed by atoms with Crippen molar-refractivity contribution >= 4 is 11.9 Å². The zero-order valence-corrected chi connectivity index (χ0v) is 14.2. The van der Waals surface area contributed by atoms with E-state index in [0.29, 0.717) is 6.61 Å². The van der Waals surface area contributed by atoms with E-state index in [-0.39, 0.29) is 35.5 Å². The topological polar surface area (TPSA) is 66.8 Å². The third kappa shape index (κ3) is 3.55. The quantitative estimate of drug-likeness (QED) is 0.875. The van der Waals surface area contributed by atoms with Crippen molar-refractivity contribution < 1.29 is 19.4 Å². The van der Waals surface area contributed by atoms with E-state index < -0.39 is 5.97 Å². The van der Waals surface area contributed by atoms with Crippen molar-refractivity contribution in [3.63, 3.8) is 0 Å². The molecule has 0 aromatic heterocycles. The molecule has 1 aliphatic rings. The molecule has 0 radical (unpaired) electrons. The molecule has 1 N–H and O–H groups in total. The van der Waals surface area contributed by atoms with Crippen LogP contribution in [0.5, 0.6) is 0 Å². The number of hydrogen-bond donors (Lipinski definition) is 1. The highest BCUT2D eigenvalue weighted by atomic mass is 16.5. The van der Waals surface area contributed by atoms with E-state index in [0.717, 1.165) is 12.0 Å². The normalized spacial score (nSPS) is 22.3. The first-order valence-electron chi connectivity index (χ1n) is 7.96. The lowest BCUT2D eigenvalue weighted by Gasteiger charge is -2.54. The summed E-state index contributed by atoms with van der Waals surface area (Å²) in [6, 6.07) is 6.63. The lowest BCUT2D eigenvalue weighted by Crippen LogP contribution is -2.62. The van der Waals surface area contributed by atoms with Gasteiger partial charge in [0, 0.05) is 25.1 Å². The van der Waals surface area contributed by atoms with Gasteiger partial charge in [0.25, 0.3) is 0 Å². The molecule has 2 atom stereocenters. The molecule has 2 rings (SSSR count). The number of rotatable bonds is 6. The summed E-state index contributed by atoms with van der Waals surface area (Å²) in [6.45, 7) is 6.94. The summed E-state index contributed by atoms with van der Waals surface area (Å²) in [4.78, 5) is 25.1. The van der Waals surface area contributed by atoms with Crippen LogP contribution in [0.25, 0.3) is 0 Å². The summed E-state index contributed by atoms with van der Waals surface area (Å²) in [7, 11) is 1.84. The molecular formula is C18H25NO4. The van der Waals surface area contributed by atoms with Crippen LogP contribution in [0.2, 0.25) is 0 Å². The van der Waals surface area contributed by atoms with Gasteiger partial charge in [0.05, 0.1) is 18.1 Å². The number of carbonyl (C=O) groups is 2. The highest BCUT2D eigenvalue weighted by Crippen LogP contribution is 2.45. The minimum atomic E-state index is -0.960. The molecule has 1 aliphatic carbocycles. The molecule has 5 nitrogen and oxygen atoms in total. The van der Waals surface area contributed by atoms with Crippen LogP contribution in [0.4, 0.5) is 0 Å². The number of nitrogens with zero attached hydrogens (tertiary/aromatic N) is 1. The van der Waals surface area contributed by atoms with Crippen molar-refractivity contribution in [3.8, 4) is 0 Å². The summed E-state index contributed by atoms with van der Waals surface area (Å²) in [5, 5.41) is 8.90. The van der Waals surface area contributed by atoms with E-state index in [1.807, 2.05) is 14.0 Å². The summed E-state index contributed by atoms with van der Waals surface area (Å²) >= 11 is 0. The zero-order chi connectivity index (χ0) is 17.2. The summed E-state index contributed by atoms with van der Waals surface area (Å²) in [6.07, 6.45) is 1.34. The maximum atomic E-state index is 12.5. The van der Waals surface area contributed by atoms with Crippen molar-refractivity contribution in [1.29, 1.82) is 0 Å². The Hall–Kier alpha value is -1.88. The number of benzene rings is 1. The fourth-order valence-corrected chi connectivity index (χ4v) is 3.24. The Morgan fingerprint density at radius 2 is 1.91 bits per heavy atom. The van der Waals surface area contributed by atoms with E-state index in [2.05, 4.69) is 13.8 Å². The van der Waals surface area contributed by atoms with Gasteiger partial charge in [-0.1, -0.05) is 26.0 Å². The van der Waals surface area contributed by atoms with E-state index in [1.165, 1.54) is 12.1 Å². The molecule has 5 heteroatoms. The Balaban J connectivity index is 1.97. The largest absolute Gasteiger partial charge is 0.478 e. The Morgan fingerprint density at radius 1 is 1.30 bits per heavy atom. The first kappa shape index (κ1) is 17.5. The predicted octanol–water partition coefficient (Wildman–Crippen LogP) is 2.59. The average Bonchev–Trinajstić information content (AvgIpc) is 2.51. The van der Waals surface area contributed by atoms with Crippen molar-refractivity contribution in [3.05, 3.63) is 35.4 Å². The first-order valence-corrected chi connectivity index (χ1v) is 7.96. The van der Waals surface area contributed by atoms with Gasteiger partial charge < -0.3 is 14.7 Å². The monoisotopic (exact) mass is 319 g/mol. The Kier molecular flexibility index (Phi) is 5.09. The molecule has 1 saturated carbocycles. The molecule has 1 aromatic rings. The lowest BCUT2D eigenvalue weighted by molar-refractivity contribution is -0.162. The van der Waals surface area contributed by atoms with Gasteiger partial charge in [-0.3, -0.25) is 4.79 Å². The molecule has 0 aliphatic heterocycles. The minimum Gasteiger partial charge on any atom is -0.478 e. The van der Waals surface area contributed by atoms with Crippen molar-refractivity contribution in [1.82, 2.24) is 4.90 Å². The molecule has 0 saturated heterocycles. The molecule has 2 unspecified atom stereocenters. The summed E-state index contributed by atoms with van der Waals surface area (Å²) < 4.78 is 5.71. The van der Waals surface area contributed by atoms with E-state index in [9.17, 15) is 9.59 Å². The fraction of sp³-hybridized carbons (Fsp3) is 0.556. The number of hydrogen-bond acceptors (Lipinski definition) is 3. The summed E-state index contributed by atoms with van der Waals surface area (Å²) in [5.74, 6) is -0.917. The van der Waals surface area contributed by atoms with Crippen LogP contribution in [-0.4, -0.2) is 47.7 Å². The van der Waals surface area contributed by atoms with Gasteiger partial charge in [0.15, 0.2) is 0 Å². The van der Waals surface area contributed by atoms with Crippen molar-refractivity contribution in [2.45, 2.75) is 45.8 Å². The maximum absolute atomic E-state index is 12.5. The van der Waals surface area contributed by atoms with Gasteiger partial charge in [-0.25, -0.2) is 4.79 Å². The van der Waals surface area contributed by atoms with Crippen LogP contribution in [-0.2, 0) is 16.0 Å². The molecule has 1 aromatic carbocycles. The fourth-order valence-electron chi connectivity index (χ4n) is 3.24. The van der Waals surface area contributed by atoms with E-state index >= 15 is 0 Å². The predicted molar refractivity (Wildman–Crippen MR) is 87.5 cm³/mol. The van der Waals surface area contributed by atoms with Crippen LogP contribution in [0.1, 0.15) is 43.1 Å². The van der Waals surface area contributed by atoms with Gasteiger partial charge >= 0.3 is 5.97 Å². The molecule has 1 fully saturated rings. The van der Waals surface area contributed by atoms with Crippen molar-refractivity contribution in [2.75, 3.05) is 13.7 Å². The zero-order valence-electron chi connectivity index (χ0n) is 14.2. The van der Waals surface area contributed by atoms with Gasteiger partial charge in [0.1, 0.15) is 0 Å². The molecule has 1 amide bonds. The number of amides is 1. The number of ether oxygens (including phenoxy) is 1. The van der Waals surface area contributed by atoms with Gasteiger partial charge in [0.2, 0.25) is 5.91 Å². The minimum absolute atomic E-state index is 0.0427. The Bertz CT molecular complexity index is 579. The SMILES string of the molecule is CCOC1CC(N(C)C(=O)Cc2ccc(C(=O)O)cc2)C1(C)C. The maximum Gasteiger partial charge on any atom is 0.335 e. The van der Waals surface area contributed by atoms with Crippen LogP contribution in [0.15, 0.2) is 24.3 Å². The van der Waals surface area contributed by atoms with Gasteiger partial charge in [-0.2, -0.15) is 0 Å². The second-order valence-corrected chi connectivity index (χ2v) is 6.70. The molecule has 0 spiro atoms. The number of carboxylic acids is 1. The average molecular weight is 319 g/mol. The van der Waals surface area contributed by atoms with Crippen LogP contribution >= 0.6 is 0 Å². The third-order valence-corrected chi connectivity index (χ3v) is 4.91. The number of aromatic carboxylic acids is 1. The van der Waals surface area contributed by atoms with Crippen LogP contribution in [0, 0.1) is 5.41 Å². The van der Waals surface area contributed by atoms with Crippen LogP contribution < -0.4 is 0 Å². The van der Waals surface area contributed by atoms with E-state index in [1.54, 1.807) is 17.0 Å². The number of likely N-dealkylation sites (N-methyl/N-ethyl adjacent to an activating group) is 1. The second kappa shape index (κ2) is 6.71.